The van der Waals surface area contributed by atoms with Crippen molar-refractivity contribution in [3.05, 3.63) is 107 Å². The van der Waals surface area contributed by atoms with E-state index in [1.54, 1.807) is 6.33 Å². The molecule has 42 heavy (non-hydrogen) atoms. The maximum Gasteiger partial charge on any atom is 0.229 e. The minimum Gasteiger partial charge on any atom is -0.380 e. The summed E-state index contributed by atoms with van der Waals surface area (Å²) in [4.78, 5) is 16.8. The predicted molar refractivity (Wildman–Crippen MR) is 170 cm³/mol. The molecule has 2 aromatic heterocycles. The molecule has 1 fully saturated rings. The number of aliphatic hydroxyl groups is 1. The van der Waals surface area contributed by atoms with E-state index in [9.17, 15) is 5.11 Å². The van der Waals surface area contributed by atoms with Crippen molar-refractivity contribution in [2.45, 2.75) is 51.6 Å². The molecule has 0 unspecified atom stereocenters. The number of hydrogen-bond acceptors (Lipinski definition) is 6. The summed E-state index contributed by atoms with van der Waals surface area (Å²) < 4.78 is 1.97. The molecular weight excluding hydrogens is 520 g/mol. The zero-order chi connectivity index (χ0) is 29.5. The van der Waals surface area contributed by atoms with Crippen LogP contribution in [-0.4, -0.2) is 37.7 Å². The smallest absolute Gasteiger partial charge is 0.229 e. The molecule has 3 heterocycles. The van der Waals surface area contributed by atoms with Crippen LogP contribution in [0, 0.1) is 12.8 Å². The number of aryl methyl sites for hydroxylation is 2. The third-order valence-corrected chi connectivity index (χ3v) is 8.71. The summed E-state index contributed by atoms with van der Waals surface area (Å²) in [5.41, 5.74) is 5.82. The van der Waals surface area contributed by atoms with Gasteiger partial charge in [-0.15, -0.1) is 0 Å². The van der Waals surface area contributed by atoms with Crippen LogP contribution in [0.3, 0.4) is 0 Å². The molecule has 1 aliphatic heterocycles. The largest absolute Gasteiger partial charge is 0.380 e. The molecule has 6 rings (SSSR count). The SMILES string of the molecule is Cc1ccc(C(C)(C)C)cc1Nc1nc(N2CCC(C(O)(c3ccccc3)c3ccccc3)CC2)nc2ncn(C)c12. The molecule has 0 saturated carbocycles. The number of anilines is 3. The summed E-state index contributed by atoms with van der Waals surface area (Å²) in [6.07, 6.45) is 3.40. The van der Waals surface area contributed by atoms with Gasteiger partial charge in [-0.25, -0.2) is 4.98 Å². The van der Waals surface area contributed by atoms with Gasteiger partial charge >= 0.3 is 0 Å². The van der Waals surface area contributed by atoms with Gasteiger partial charge in [0, 0.05) is 25.8 Å². The molecule has 1 aliphatic rings. The Morgan fingerprint density at radius 3 is 2.05 bits per heavy atom. The lowest BCUT2D eigenvalue weighted by atomic mass is 9.72. The molecule has 1 saturated heterocycles. The van der Waals surface area contributed by atoms with E-state index in [4.69, 9.17) is 9.97 Å². The molecule has 7 nitrogen and oxygen atoms in total. The number of hydrogen-bond donors (Lipinski definition) is 2. The van der Waals surface area contributed by atoms with Gasteiger partial charge in [0.05, 0.1) is 6.33 Å². The standard InChI is InChI=1S/C35H40N6O/c1-24-16-17-28(34(2,3)4)22-29(24)37-32-30-31(36-23-40(30)5)38-33(39-32)41-20-18-27(19-21-41)35(42,25-12-8-6-9-13-25)26-14-10-7-11-15-26/h6-17,22-23,27,42H,18-21H2,1-5H3,(H,37,38,39). The quantitative estimate of drug-likeness (QED) is 0.236. The molecule has 0 radical (unpaired) electrons. The second-order valence-corrected chi connectivity index (χ2v) is 12.6. The molecule has 0 aliphatic carbocycles. The number of imidazole rings is 1. The van der Waals surface area contributed by atoms with E-state index in [1.165, 1.54) is 5.56 Å². The fraction of sp³-hybridized carbons (Fsp3) is 0.343. The van der Waals surface area contributed by atoms with Crippen LogP contribution in [0.1, 0.15) is 55.9 Å². The molecule has 2 N–H and O–H groups in total. The van der Waals surface area contributed by atoms with Crippen molar-refractivity contribution in [3.63, 3.8) is 0 Å². The topological polar surface area (TPSA) is 79.1 Å². The van der Waals surface area contributed by atoms with Crippen molar-refractivity contribution in [1.29, 1.82) is 0 Å². The second kappa shape index (κ2) is 10.9. The molecule has 3 aromatic carbocycles. The van der Waals surface area contributed by atoms with Gasteiger partial charge in [-0.1, -0.05) is 93.6 Å². The maximum atomic E-state index is 12.3. The van der Waals surface area contributed by atoms with Crippen LogP contribution < -0.4 is 10.2 Å². The lowest BCUT2D eigenvalue weighted by Gasteiger charge is -2.42. The summed E-state index contributed by atoms with van der Waals surface area (Å²) >= 11 is 0. The zero-order valence-electron chi connectivity index (χ0n) is 25.2. The molecule has 0 amide bonds. The van der Waals surface area contributed by atoms with Crippen molar-refractivity contribution in [2.75, 3.05) is 23.3 Å². The molecule has 7 heteroatoms. The number of nitrogens with zero attached hydrogens (tertiary/aromatic N) is 5. The first kappa shape index (κ1) is 27.9. The first-order chi connectivity index (χ1) is 20.1. The number of rotatable bonds is 6. The van der Waals surface area contributed by atoms with E-state index in [2.05, 4.69) is 61.1 Å². The zero-order valence-corrected chi connectivity index (χ0v) is 25.2. The van der Waals surface area contributed by atoms with Crippen molar-refractivity contribution in [2.24, 2.45) is 13.0 Å². The average molecular weight is 561 g/mol. The maximum absolute atomic E-state index is 12.3. The molecule has 0 bridgehead atoms. The van der Waals surface area contributed by atoms with Crippen LogP contribution in [0.5, 0.6) is 0 Å². The van der Waals surface area contributed by atoms with E-state index in [-0.39, 0.29) is 11.3 Å². The monoisotopic (exact) mass is 560 g/mol. The van der Waals surface area contributed by atoms with Crippen molar-refractivity contribution in [3.8, 4) is 0 Å². The van der Waals surface area contributed by atoms with Gasteiger partial charge in [0.25, 0.3) is 0 Å². The van der Waals surface area contributed by atoms with Gasteiger partial charge in [0.1, 0.15) is 11.1 Å². The number of benzene rings is 3. The van der Waals surface area contributed by atoms with E-state index >= 15 is 0 Å². The number of piperidine rings is 1. The van der Waals surface area contributed by atoms with Gasteiger partial charge in [-0.05, 0) is 59.4 Å². The Balaban J connectivity index is 1.30. The first-order valence-corrected chi connectivity index (χ1v) is 14.8. The molecule has 216 valence electrons. The van der Waals surface area contributed by atoms with E-state index in [0.717, 1.165) is 59.6 Å². The normalized spacial score (nSPS) is 14.9. The third kappa shape index (κ3) is 5.13. The Morgan fingerprint density at radius 1 is 0.833 bits per heavy atom. The Bertz CT molecular complexity index is 1640. The van der Waals surface area contributed by atoms with E-state index < -0.39 is 5.60 Å². The summed E-state index contributed by atoms with van der Waals surface area (Å²) in [5, 5.41) is 16.0. The lowest BCUT2D eigenvalue weighted by Crippen LogP contribution is -2.44. The lowest BCUT2D eigenvalue weighted by molar-refractivity contribution is 0.00494. The van der Waals surface area contributed by atoms with Gasteiger partial charge < -0.3 is 19.9 Å². The Hall–Kier alpha value is -4.23. The number of aromatic nitrogens is 4. The van der Waals surface area contributed by atoms with E-state index in [1.807, 2.05) is 72.3 Å². The van der Waals surface area contributed by atoms with Crippen LogP contribution in [-0.2, 0) is 18.1 Å². The van der Waals surface area contributed by atoms with Gasteiger partial charge in [-0.3, -0.25) is 0 Å². The third-order valence-electron chi connectivity index (χ3n) is 8.71. The van der Waals surface area contributed by atoms with Crippen molar-refractivity contribution in [1.82, 2.24) is 19.5 Å². The van der Waals surface area contributed by atoms with Crippen LogP contribution in [0.25, 0.3) is 11.2 Å². The Labute approximate surface area is 248 Å². The summed E-state index contributed by atoms with van der Waals surface area (Å²) in [5.74, 6) is 1.46. The second-order valence-electron chi connectivity index (χ2n) is 12.6. The highest BCUT2D eigenvalue weighted by atomic mass is 16.3. The summed E-state index contributed by atoms with van der Waals surface area (Å²) in [6.45, 7) is 10.3. The minimum atomic E-state index is -1.07. The Kier molecular flexibility index (Phi) is 7.23. The van der Waals surface area contributed by atoms with Crippen LogP contribution >= 0.6 is 0 Å². The molecule has 0 atom stereocenters. The average Bonchev–Trinajstić information content (AvgIpc) is 3.39. The molecular formula is C35H40N6O. The minimum absolute atomic E-state index is 0.0363. The molecule has 5 aromatic rings. The highest BCUT2D eigenvalue weighted by molar-refractivity contribution is 5.87. The fourth-order valence-electron chi connectivity index (χ4n) is 6.14. The van der Waals surface area contributed by atoms with Crippen LogP contribution in [0.4, 0.5) is 17.5 Å². The number of nitrogens with one attached hydrogen (secondary N) is 1. The van der Waals surface area contributed by atoms with E-state index in [0.29, 0.717) is 11.6 Å². The van der Waals surface area contributed by atoms with Gasteiger partial charge in [0.2, 0.25) is 5.95 Å². The Morgan fingerprint density at radius 2 is 1.45 bits per heavy atom. The van der Waals surface area contributed by atoms with Crippen molar-refractivity contribution >= 4 is 28.6 Å². The fourth-order valence-corrected chi connectivity index (χ4v) is 6.14. The summed E-state index contributed by atoms with van der Waals surface area (Å²) in [7, 11) is 1.97. The van der Waals surface area contributed by atoms with Gasteiger partial charge in [0.15, 0.2) is 11.5 Å². The van der Waals surface area contributed by atoms with Gasteiger partial charge in [-0.2, -0.15) is 9.97 Å². The summed E-state index contributed by atoms with van der Waals surface area (Å²) in [6, 6.07) is 26.7. The first-order valence-electron chi connectivity index (χ1n) is 14.8. The van der Waals surface area contributed by atoms with Crippen molar-refractivity contribution < 1.29 is 5.11 Å². The van der Waals surface area contributed by atoms with Crippen LogP contribution in [0.2, 0.25) is 0 Å². The van der Waals surface area contributed by atoms with Crippen LogP contribution in [0.15, 0.2) is 85.2 Å². The molecule has 0 spiro atoms. The highest BCUT2D eigenvalue weighted by Gasteiger charge is 2.42. The number of fused-ring (bicyclic) bond motifs is 1. The highest BCUT2D eigenvalue weighted by Crippen LogP contribution is 2.42. The predicted octanol–water partition coefficient (Wildman–Crippen LogP) is 6.87.